The average molecular weight is 1170 g/mol. The molecular formula is C89H72N2. The molecule has 12 aromatic carbocycles. The quantitative estimate of drug-likeness (QED) is 0.134. The summed E-state index contributed by atoms with van der Waals surface area (Å²) in [7, 11) is 0. The summed E-state index contributed by atoms with van der Waals surface area (Å²) in [6.07, 6.45) is 9.22. The molecule has 0 saturated carbocycles. The smallest absolute Gasteiger partial charge is 0.0541 e. The Labute approximate surface area is 534 Å². The van der Waals surface area contributed by atoms with E-state index >= 15 is 0 Å². The maximum atomic E-state index is 2.45. The van der Waals surface area contributed by atoms with Crippen molar-refractivity contribution in [1.29, 1.82) is 0 Å². The van der Waals surface area contributed by atoms with Crippen molar-refractivity contribution in [1.82, 2.24) is 9.13 Å². The Balaban J connectivity index is 0.601. The van der Waals surface area contributed by atoms with Gasteiger partial charge in [0.25, 0.3) is 0 Å². The van der Waals surface area contributed by atoms with Crippen molar-refractivity contribution in [3.05, 3.63) is 308 Å². The lowest BCUT2D eigenvalue weighted by Crippen LogP contribution is -2.15. The Hall–Kier alpha value is -10.3. The largest absolute Gasteiger partial charge is 0.309 e. The van der Waals surface area contributed by atoms with Crippen molar-refractivity contribution < 1.29 is 0 Å². The Kier molecular flexibility index (Phi) is 12.0. The summed E-state index contributed by atoms with van der Waals surface area (Å²) in [5.74, 6) is 0. The Morgan fingerprint density at radius 3 is 0.835 bits per heavy atom. The molecule has 2 nitrogen and oxygen atoms in total. The maximum Gasteiger partial charge on any atom is 0.0541 e. The topological polar surface area (TPSA) is 9.86 Å². The molecule has 2 heteroatoms. The monoisotopic (exact) mass is 1170 g/mol. The highest BCUT2D eigenvalue weighted by molar-refractivity contribution is 6.12. The molecule has 0 bridgehead atoms. The Morgan fingerprint density at radius 2 is 0.505 bits per heavy atom. The lowest BCUT2D eigenvalue weighted by molar-refractivity contribution is 0.660. The van der Waals surface area contributed by atoms with Crippen molar-refractivity contribution >= 4 is 67.9 Å². The van der Waals surface area contributed by atoms with E-state index < -0.39 is 0 Å². The fourth-order valence-corrected chi connectivity index (χ4v) is 16.5. The zero-order chi connectivity index (χ0) is 62.0. The van der Waals surface area contributed by atoms with Gasteiger partial charge in [-0.3, -0.25) is 0 Å². The van der Waals surface area contributed by atoms with Gasteiger partial charge in [0.05, 0.1) is 22.1 Å². The van der Waals surface area contributed by atoms with Crippen LogP contribution in [0.4, 0.5) is 0 Å². The summed E-state index contributed by atoms with van der Waals surface area (Å²) in [6.45, 7) is 23.1. The molecule has 0 radical (unpaired) electrons. The molecule has 3 aliphatic carbocycles. The number of fused-ring (bicyclic) bond motifs is 15. The molecule has 0 amide bonds. The van der Waals surface area contributed by atoms with E-state index in [0.717, 1.165) is 0 Å². The number of rotatable bonds is 8. The molecule has 438 valence electrons. The molecule has 91 heavy (non-hydrogen) atoms. The second kappa shape index (κ2) is 19.9. The molecule has 3 aliphatic rings. The first-order valence-corrected chi connectivity index (χ1v) is 32.4. The molecule has 0 N–H and O–H groups in total. The third-order valence-corrected chi connectivity index (χ3v) is 21.0. The molecular weight excluding hydrogens is 1100 g/mol. The van der Waals surface area contributed by atoms with Crippen molar-refractivity contribution in [2.24, 2.45) is 0 Å². The Morgan fingerprint density at radius 1 is 0.242 bits per heavy atom. The van der Waals surface area contributed by atoms with Gasteiger partial charge < -0.3 is 9.13 Å². The number of aromatic nitrogens is 2. The van der Waals surface area contributed by atoms with Gasteiger partial charge >= 0.3 is 0 Å². The van der Waals surface area contributed by atoms with Crippen LogP contribution in [0.1, 0.15) is 119 Å². The summed E-state index contributed by atoms with van der Waals surface area (Å²) < 4.78 is 4.86. The van der Waals surface area contributed by atoms with Crippen LogP contribution in [-0.4, -0.2) is 9.13 Å². The minimum absolute atomic E-state index is 0.154. The fourth-order valence-electron chi connectivity index (χ4n) is 16.5. The normalized spacial score (nSPS) is 14.7. The standard InChI is InChI=1S/C89H72N2/c1-53-39-54(2)42-65(41-53)90-83-17-13-11-15-73(83)75-49-61(29-37-85(75)90)63-27-35-71-69-33-25-59(47-79(69)88(7,8)81(71)51-63)21-19-57-23-31-67-68-32-24-58(46-78(68)87(5,6)77(67)45-57)20-22-60-26-34-70-72-36-28-64(52-82(72)89(9,10)80(70)48-60)62-30-38-86-76(50-62)74-16-12-14-18-84(74)91(86)66-43-55(3)40-56(4)44-66/h11-52H,1-10H3/b21-19+,22-20+. The van der Waals surface area contributed by atoms with E-state index in [-0.39, 0.29) is 16.2 Å². The summed E-state index contributed by atoms with van der Waals surface area (Å²) >= 11 is 0. The molecule has 0 unspecified atom stereocenters. The van der Waals surface area contributed by atoms with Gasteiger partial charge in [-0.15, -0.1) is 0 Å². The van der Waals surface area contributed by atoms with Gasteiger partial charge in [-0.05, 0) is 234 Å². The van der Waals surface area contributed by atoms with E-state index in [4.69, 9.17) is 0 Å². The number of nitrogens with zero attached hydrogens (tertiary/aromatic N) is 2. The van der Waals surface area contributed by atoms with Crippen molar-refractivity contribution in [3.8, 4) is 67.0 Å². The van der Waals surface area contributed by atoms with Crippen LogP contribution in [0.2, 0.25) is 0 Å². The highest BCUT2D eigenvalue weighted by Gasteiger charge is 2.38. The van der Waals surface area contributed by atoms with Crippen molar-refractivity contribution in [2.75, 3.05) is 0 Å². The van der Waals surface area contributed by atoms with Crippen molar-refractivity contribution in [3.63, 3.8) is 0 Å². The molecule has 14 aromatic rings. The third-order valence-electron chi connectivity index (χ3n) is 21.0. The van der Waals surface area contributed by atoms with Gasteiger partial charge in [0.1, 0.15) is 0 Å². The molecule has 0 fully saturated rings. The zero-order valence-corrected chi connectivity index (χ0v) is 53.6. The maximum absolute atomic E-state index is 2.45. The minimum Gasteiger partial charge on any atom is -0.309 e. The van der Waals surface area contributed by atoms with Crippen molar-refractivity contribution in [2.45, 2.75) is 85.5 Å². The molecule has 2 heterocycles. The fraction of sp³-hybridized carbons (Fsp3) is 0.146. The number of para-hydroxylation sites is 2. The van der Waals surface area contributed by atoms with Crippen LogP contribution in [0.3, 0.4) is 0 Å². The first-order valence-electron chi connectivity index (χ1n) is 32.4. The highest BCUT2D eigenvalue weighted by atomic mass is 15.0. The van der Waals surface area contributed by atoms with E-state index in [1.165, 1.54) is 189 Å². The summed E-state index contributed by atoms with van der Waals surface area (Å²) in [5.41, 5.74) is 38.1. The van der Waals surface area contributed by atoms with Gasteiger partial charge in [0, 0.05) is 49.2 Å². The number of aryl methyl sites for hydroxylation is 4. The molecule has 17 rings (SSSR count). The average Bonchev–Trinajstić information content (AvgIpc) is 1.61. The van der Waals surface area contributed by atoms with E-state index in [1.54, 1.807) is 0 Å². The van der Waals surface area contributed by atoms with Gasteiger partial charge in [0.2, 0.25) is 0 Å². The van der Waals surface area contributed by atoms with Crippen LogP contribution in [-0.2, 0) is 16.2 Å². The second-order valence-corrected chi connectivity index (χ2v) is 28.1. The van der Waals surface area contributed by atoms with Gasteiger partial charge in [-0.2, -0.15) is 0 Å². The molecule has 0 aliphatic heterocycles. The van der Waals surface area contributed by atoms with Crippen LogP contribution in [0.15, 0.2) is 231 Å². The van der Waals surface area contributed by atoms with Crippen LogP contribution < -0.4 is 0 Å². The summed E-state index contributed by atoms with van der Waals surface area (Å²) in [5, 5.41) is 5.11. The van der Waals surface area contributed by atoms with E-state index in [0.29, 0.717) is 0 Å². The third kappa shape index (κ3) is 8.52. The Bertz CT molecular complexity index is 5160. The predicted octanol–water partition coefficient (Wildman–Crippen LogP) is 23.7. The second-order valence-electron chi connectivity index (χ2n) is 28.1. The molecule has 0 atom stereocenters. The predicted molar refractivity (Wildman–Crippen MR) is 388 cm³/mol. The van der Waals surface area contributed by atoms with E-state index in [1.807, 2.05) is 0 Å². The number of benzene rings is 12. The molecule has 0 saturated heterocycles. The van der Waals surface area contributed by atoms with E-state index in [9.17, 15) is 0 Å². The minimum atomic E-state index is -0.160. The van der Waals surface area contributed by atoms with Crippen LogP contribution >= 0.6 is 0 Å². The first kappa shape index (κ1) is 54.8. The zero-order valence-electron chi connectivity index (χ0n) is 53.6. The highest BCUT2D eigenvalue weighted by Crippen LogP contribution is 2.54. The molecule has 2 aromatic heterocycles. The SMILES string of the molecule is Cc1cc(C)cc(-n2c3ccccc3c3cc(-c4ccc5c(c4)C(C)(C)c4cc(/C=C/c6ccc7c(c6)C(C)(C)c6cc(/C=C/c8ccc9c(c8)C(C)(C)c8cc(-c%10ccc%11c(c%10)c%10ccccc%10n%11-c%10cc(C)cc(C)c%10)ccc8-9)ccc6-7)ccc4-5)ccc32)c1. The summed E-state index contributed by atoms with van der Waals surface area (Å²) in [6, 6.07) is 88.0. The van der Waals surface area contributed by atoms with Crippen LogP contribution in [0.25, 0.3) is 135 Å². The number of hydrogen-bond donors (Lipinski definition) is 0. The van der Waals surface area contributed by atoms with Crippen LogP contribution in [0.5, 0.6) is 0 Å². The van der Waals surface area contributed by atoms with Gasteiger partial charge in [-0.1, -0.05) is 224 Å². The summed E-state index contributed by atoms with van der Waals surface area (Å²) in [4.78, 5) is 0. The lowest BCUT2D eigenvalue weighted by Gasteiger charge is -2.22. The lowest BCUT2D eigenvalue weighted by atomic mass is 9.81. The van der Waals surface area contributed by atoms with Gasteiger partial charge in [0.15, 0.2) is 0 Å². The number of hydrogen-bond acceptors (Lipinski definition) is 0. The molecule has 0 spiro atoms. The van der Waals surface area contributed by atoms with Gasteiger partial charge in [-0.25, -0.2) is 0 Å². The van der Waals surface area contributed by atoms with Crippen LogP contribution in [0, 0.1) is 27.7 Å². The first-order chi connectivity index (χ1) is 43.9. The van der Waals surface area contributed by atoms with E-state index in [2.05, 4.69) is 333 Å².